The quantitative estimate of drug-likeness (QED) is 0.809. The first kappa shape index (κ1) is 14.8. The zero-order chi connectivity index (χ0) is 13.8. The van der Waals surface area contributed by atoms with Crippen molar-refractivity contribution in [3.8, 4) is 0 Å². The van der Waals surface area contributed by atoms with Gasteiger partial charge in [0, 0.05) is 24.7 Å². The molecular weight excluding hydrogens is 355 g/mol. The van der Waals surface area contributed by atoms with Crippen LogP contribution < -0.4 is 5.32 Å². The number of aryl methyl sites for hydroxylation is 1. The van der Waals surface area contributed by atoms with Crippen LogP contribution in [0.5, 0.6) is 0 Å². The van der Waals surface area contributed by atoms with Crippen molar-refractivity contribution < 1.29 is 4.79 Å². The van der Waals surface area contributed by atoms with Crippen LogP contribution in [-0.2, 0) is 11.3 Å². The summed E-state index contributed by atoms with van der Waals surface area (Å²) >= 11 is 2.26. The molecule has 2 heterocycles. The number of piperidine rings is 1. The van der Waals surface area contributed by atoms with Crippen molar-refractivity contribution in [1.29, 1.82) is 0 Å². The van der Waals surface area contributed by atoms with Gasteiger partial charge in [0.2, 0.25) is 5.91 Å². The summed E-state index contributed by atoms with van der Waals surface area (Å²) in [6.45, 7) is 4.83. The number of hydrogen-bond acceptors (Lipinski definition) is 3. The molecular formula is C13H21IN4O. The fourth-order valence-electron chi connectivity index (χ4n) is 2.31. The molecule has 0 saturated carbocycles. The molecule has 106 valence electrons. The average Bonchev–Trinajstić information content (AvgIpc) is 2.70. The molecule has 0 radical (unpaired) electrons. The van der Waals surface area contributed by atoms with Crippen molar-refractivity contribution in [2.24, 2.45) is 0 Å². The molecule has 6 heteroatoms. The lowest BCUT2D eigenvalue weighted by atomic mass is 10.1. The molecule has 2 rings (SSSR count). The first-order valence-corrected chi connectivity index (χ1v) is 7.80. The number of halogens is 1. The fraction of sp³-hybridized carbons (Fsp3) is 0.692. The van der Waals surface area contributed by atoms with Gasteiger partial charge in [-0.15, -0.1) is 0 Å². The lowest BCUT2D eigenvalue weighted by molar-refractivity contribution is -0.122. The number of rotatable bonds is 4. The molecule has 1 fully saturated rings. The molecule has 1 aliphatic heterocycles. The Morgan fingerprint density at radius 2 is 2.21 bits per heavy atom. The molecule has 1 aliphatic rings. The van der Waals surface area contributed by atoms with Gasteiger partial charge in [0.05, 0.1) is 9.77 Å². The minimum absolute atomic E-state index is 0.138. The van der Waals surface area contributed by atoms with Gasteiger partial charge >= 0.3 is 0 Å². The summed E-state index contributed by atoms with van der Waals surface area (Å²) in [7, 11) is 2.13. The van der Waals surface area contributed by atoms with Crippen molar-refractivity contribution in [3.05, 3.63) is 15.5 Å². The molecule has 0 spiro atoms. The Morgan fingerprint density at radius 3 is 2.79 bits per heavy atom. The normalized spacial score (nSPS) is 17.6. The molecule has 5 nitrogen and oxygen atoms in total. The van der Waals surface area contributed by atoms with Gasteiger partial charge in [-0.25, -0.2) is 0 Å². The second-order valence-corrected chi connectivity index (χ2v) is 6.36. The van der Waals surface area contributed by atoms with Crippen molar-refractivity contribution in [1.82, 2.24) is 20.0 Å². The molecule has 1 aromatic heterocycles. The molecule has 1 aromatic rings. The first-order chi connectivity index (χ1) is 9.06. The molecule has 0 unspecified atom stereocenters. The van der Waals surface area contributed by atoms with Gasteiger partial charge in [0.15, 0.2) is 0 Å². The number of nitrogens with one attached hydrogen (secondary N) is 1. The Labute approximate surface area is 127 Å². The summed E-state index contributed by atoms with van der Waals surface area (Å²) in [5.74, 6) is 0.138. The predicted octanol–water partition coefficient (Wildman–Crippen LogP) is 1.40. The van der Waals surface area contributed by atoms with Crippen LogP contribution in [0.4, 0.5) is 0 Å². The summed E-state index contributed by atoms with van der Waals surface area (Å²) in [6.07, 6.45) is 4.46. The fourth-order valence-corrected chi connectivity index (χ4v) is 2.71. The molecule has 0 atom stereocenters. The van der Waals surface area contributed by atoms with Crippen LogP contribution in [0.15, 0.2) is 6.20 Å². The minimum atomic E-state index is 0.138. The van der Waals surface area contributed by atoms with E-state index in [0.29, 0.717) is 19.0 Å². The Morgan fingerprint density at radius 1 is 1.53 bits per heavy atom. The van der Waals surface area contributed by atoms with E-state index in [1.54, 1.807) is 0 Å². The maximum absolute atomic E-state index is 11.9. The van der Waals surface area contributed by atoms with Gasteiger partial charge < -0.3 is 10.2 Å². The van der Waals surface area contributed by atoms with E-state index in [1.807, 2.05) is 17.8 Å². The molecule has 19 heavy (non-hydrogen) atoms. The summed E-state index contributed by atoms with van der Waals surface area (Å²) < 4.78 is 3.05. The number of carbonyl (C=O) groups excluding carboxylic acids is 1. The highest BCUT2D eigenvalue weighted by molar-refractivity contribution is 14.1. The number of aromatic nitrogens is 2. The number of nitrogens with zero attached hydrogens (tertiary/aromatic N) is 3. The van der Waals surface area contributed by atoms with E-state index < -0.39 is 0 Å². The SMILES string of the molecule is Cc1c(I)cnn1CCC(=O)NC1CCN(C)CC1. The molecule has 0 aromatic carbocycles. The third kappa shape index (κ3) is 4.17. The second-order valence-electron chi connectivity index (χ2n) is 5.20. The van der Waals surface area contributed by atoms with Crippen LogP contribution >= 0.6 is 22.6 Å². The summed E-state index contributed by atoms with van der Waals surface area (Å²) in [5, 5.41) is 7.39. The highest BCUT2D eigenvalue weighted by Crippen LogP contribution is 2.11. The maximum Gasteiger partial charge on any atom is 0.222 e. The summed E-state index contributed by atoms with van der Waals surface area (Å²) in [6, 6.07) is 0.350. The van der Waals surface area contributed by atoms with E-state index in [9.17, 15) is 4.79 Å². The van der Waals surface area contributed by atoms with Gasteiger partial charge in [0.25, 0.3) is 0 Å². The van der Waals surface area contributed by atoms with E-state index in [1.165, 1.54) is 0 Å². The Hall–Kier alpha value is -0.630. The second kappa shape index (κ2) is 6.69. The average molecular weight is 376 g/mol. The molecule has 0 bridgehead atoms. The van der Waals surface area contributed by atoms with Gasteiger partial charge in [-0.2, -0.15) is 5.10 Å². The van der Waals surface area contributed by atoms with Crippen LogP contribution in [0.25, 0.3) is 0 Å². The lowest BCUT2D eigenvalue weighted by Crippen LogP contribution is -2.43. The zero-order valence-electron chi connectivity index (χ0n) is 11.5. The monoisotopic (exact) mass is 376 g/mol. The van der Waals surface area contributed by atoms with Crippen LogP contribution in [0.3, 0.4) is 0 Å². The van der Waals surface area contributed by atoms with Gasteiger partial charge in [-0.3, -0.25) is 9.48 Å². The van der Waals surface area contributed by atoms with E-state index >= 15 is 0 Å². The minimum Gasteiger partial charge on any atom is -0.353 e. The van der Waals surface area contributed by atoms with Crippen molar-refractivity contribution >= 4 is 28.5 Å². The highest BCUT2D eigenvalue weighted by atomic mass is 127. The maximum atomic E-state index is 11.9. The molecule has 1 N–H and O–H groups in total. The van der Waals surface area contributed by atoms with Gasteiger partial charge in [-0.05, 0) is 62.5 Å². The Bertz CT molecular complexity index is 438. The Balaban J connectivity index is 1.74. The number of amides is 1. The largest absolute Gasteiger partial charge is 0.353 e. The van der Waals surface area contributed by atoms with Crippen LogP contribution in [-0.4, -0.2) is 46.8 Å². The van der Waals surface area contributed by atoms with E-state index in [4.69, 9.17) is 0 Å². The summed E-state index contributed by atoms with van der Waals surface area (Å²) in [5.41, 5.74) is 1.13. The van der Waals surface area contributed by atoms with Crippen LogP contribution in [0.2, 0.25) is 0 Å². The molecule has 1 amide bonds. The summed E-state index contributed by atoms with van der Waals surface area (Å²) in [4.78, 5) is 14.2. The van der Waals surface area contributed by atoms with Crippen LogP contribution in [0.1, 0.15) is 25.0 Å². The van der Waals surface area contributed by atoms with Crippen LogP contribution in [0, 0.1) is 10.5 Å². The zero-order valence-corrected chi connectivity index (χ0v) is 13.7. The van der Waals surface area contributed by atoms with Gasteiger partial charge in [-0.1, -0.05) is 0 Å². The topological polar surface area (TPSA) is 50.2 Å². The number of carbonyl (C=O) groups is 1. The smallest absolute Gasteiger partial charge is 0.222 e. The standard InChI is InChI=1S/C13H21IN4O/c1-10-12(14)9-15-18(10)8-5-13(19)16-11-3-6-17(2)7-4-11/h9,11H,3-8H2,1-2H3,(H,16,19). The number of likely N-dealkylation sites (tertiary alicyclic amines) is 1. The molecule has 1 saturated heterocycles. The lowest BCUT2D eigenvalue weighted by Gasteiger charge is -2.29. The highest BCUT2D eigenvalue weighted by Gasteiger charge is 2.18. The third-order valence-electron chi connectivity index (χ3n) is 3.68. The molecule has 0 aliphatic carbocycles. The van der Waals surface area contributed by atoms with E-state index in [0.717, 1.165) is 35.2 Å². The van der Waals surface area contributed by atoms with Crippen molar-refractivity contribution in [2.75, 3.05) is 20.1 Å². The van der Waals surface area contributed by atoms with E-state index in [2.05, 4.69) is 45.0 Å². The third-order valence-corrected chi connectivity index (χ3v) is 4.74. The Kier molecular flexibility index (Phi) is 5.20. The first-order valence-electron chi connectivity index (χ1n) is 6.72. The van der Waals surface area contributed by atoms with E-state index in [-0.39, 0.29) is 5.91 Å². The number of hydrogen-bond donors (Lipinski definition) is 1. The van der Waals surface area contributed by atoms with Gasteiger partial charge in [0.1, 0.15) is 0 Å². The van der Waals surface area contributed by atoms with Crippen molar-refractivity contribution in [3.63, 3.8) is 0 Å². The van der Waals surface area contributed by atoms with Crippen molar-refractivity contribution in [2.45, 2.75) is 38.8 Å². The predicted molar refractivity (Wildman–Crippen MR) is 83.0 cm³/mol.